The number of carbonyl (C=O) groups excluding carboxylic acids is 3. The number of alkyl halides is 3. The molecule has 160 valence electrons. The van der Waals surface area contributed by atoms with E-state index < -0.39 is 24.5 Å². The van der Waals surface area contributed by atoms with E-state index in [4.69, 9.17) is 0 Å². The zero-order chi connectivity index (χ0) is 21.6. The predicted molar refractivity (Wildman–Crippen MR) is 104 cm³/mol. The highest BCUT2D eigenvalue weighted by molar-refractivity contribution is 7.10. The lowest BCUT2D eigenvalue weighted by atomic mass is 9.86. The first-order valence-corrected chi connectivity index (χ1v) is 10.1. The Labute approximate surface area is 171 Å². The Morgan fingerprint density at radius 2 is 2.03 bits per heavy atom. The molecule has 29 heavy (non-hydrogen) atoms. The van der Waals surface area contributed by atoms with Gasteiger partial charge in [-0.25, -0.2) is 0 Å². The number of hydrogen-bond acceptors (Lipinski definition) is 4. The van der Waals surface area contributed by atoms with Gasteiger partial charge in [0.25, 0.3) is 0 Å². The van der Waals surface area contributed by atoms with Crippen LogP contribution in [0.1, 0.15) is 25.1 Å². The largest absolute Gasteiger partial charge is 0.471 e. The number of nitrogens with one attached hydrogen (secondary N) is 2. The second-order valence-electron chi connectivity index (χ2n) is 7.10. The SMILES string of the molecule is C/C(=C\c1cccs1)C(=O)N1CCC(C)C(CNC(=O)CNC(=O)C(F)(F)F)C1. The zero-order valence-electron chi connectivity index (χ0n) is 16.2. The molecular weight excluding hydrogens is 407 g/mol. The number of thiophene rings is 1. The topological polar surface area (TPSA) is 78.5 Å². The third kappa shape index (κ3) is 6.88. The van der Waals surface area contributed by atoms with E-state index in [2.05, 4.69) is 5.32 Å². The summed E-state index contributed by atoms with van der Waals surface area (Å²) in [4.78, 5) is 37.9. The van der Waals surface area contributed by atoms with Crippen LogP contribution in [0.15, 0.2) is 23.1 Å². The van der Waals surface area contributed by atoms with Crippen LogP contribution in [-0.2, 0) is 14.4 Å². The lowest BCUT2D eigenvalue weighted by Gasteiger charge is -2.37. The molecule has 1 aliphatic heterocycles. The van der Waals surface area contributed by atoms with Crippen molar-refractivity contribution in [2.75, 3.05) is 26.2 Å². The molecule has 10 heteroatoms. The molecule has 0 spiro atoms. The highest BCUT2D eigenvalue weighted by atomic mass is 32.1. The summed E-state index contributed by atoms with van der Waals surface area (Å²) in [6.45, 7) is 4.31. The number of amides is 3. The maximum Gasteiger partial charge on any atom is 0.471 e. The highest BCUT2D eigenvalue weighted by Gasteiger charge is 2.38. The maximum absolute atomic E-state index is 12.7. The number of hydrogen-bond donors (Lipinski definition) is 2. The van der Waals surface area contributed by atoms with E-state index in [0.717, 1.165) is 11.3 Å². The fourth-order valence-electron chi connectivity index (χ4n) is 3.07. The summed E-state index contributed by atoms with van der Waals surface area (Å²) in [5, 5.41) is 6.01. The second-order valence-corrected chi connectivity index (χ2v) is 8.08. The summed E-state index contributed by atoms with van der Waals surface area (Å²) < 4.78 is 36.4. The molecule has 3 amide bonds. The van der Waals surface area contributed by atoms with Crippen molar-refractivity contribution in [2.24, 2.45) is 11.8 Å². The van der Waals surface area contributed by atoms with Crippen molar-refractivity contribution in [3.8, 4) is 0 Å². The number of likely N-dealkylation sites (tertiary alicyclic amines) is 1. The van der Waals surface area contributed by atoms with Crippen LogP contribution in [-0.4, -0.2) is 55.0 Å². The van der Waals surface area contributed by atoms with Crippen LogP contribution in [0.4, 0.5) is 13.2 Å². The van der Waals surface area contributed by atoms with Crippen molar-refractivity contribution in [3.05, 3.63) is 28.0 Å². The van der Waals surface area contributed by atoms with Gasteiger partial charge in [0, 0.05) is 30.1 Å². The molecule has 2 rings (SSSR count). The normalized spacial score (nSPS) is 20.3. The molecule has 1 aromatic heterocycles. The minimum absolute atomic E-state index is 0.0236. The molecule has 1 fully saturated rings. The smallest absolute Gasteiger partial charge is 0.354 e. The monoisotopic (exact) mass is 431 g/mol. The number of carbonyl (C=O) groups is 3. The molecule has 0 saturated carbocycles. The van der Waals surface area contributed by atoms with Gasteiger partial charge in [0.05, 0.1) is 6.54 Å². The predicted octanol–water partition coefficient (Wildman–Crippen LogP) is 2.43. The van der Waals surface area contributed by atoms with Gasteiger partial charge >= 0.3 is 12.1 Å². The van der Waals surface area contributed by atoms with Gasteiger partial charge in [-0.1, -0.05) is 13.0 Å². The molecule has 0 radical (unpaired) electrons. The van der Waals surface area contributed by atoms with Gasteiger partial charge in [0.1, 0.15) is 0 Å². The van der Waals surface area contributed by atoms with Crippen LogP contribution < -0.4 is 10.6 Å². The van der Waals surface area contributed by atoms with Crippen LogP contribution in [0.3, 0.4) is 0 Å². The third-order valence-electron chi connectivity index (χ3n) is 4.87. The second kappa shape index (κ2) is 9.91. The van der Waals surface area contributed by atoms with Crippen LogP contribution in [0.5, 0.6) is 0 Å². The average Bonchev–Trinajstić information content (AvgIpc) is 3.16. The number of halogens is 3. The van der Waals surface area contributed by atoms with Gasteiger partial charge in [-0.3, -0.25) is 14.4 Å². The molecule has 2 atom stereocenters. The summed E-state index contributed by atoms with van der Waals surface area (Å²) in [6.07, 6.45) is -2.41. The van der Waals surface area contributed by atoms with E-state index >= 15 is 0 Å². The minimum atomic E-state index is -5.02. The first-order valence-electron chi connectivity index (χ1n) is 9.20. The minimum Gasteiger partial charge on any atom is -0.354 e. The third-order valence-corrected chi connectivity index (χ3v) is 5.69. The Kier molecular flexibility index (Phi) is 7.83. The van der Waals surface area contributed by atoms with Gasteiger partial charge in [-0.2, -0.15) is 13.2 Å². The summed E-state index contributed by atoms with van der Waals surface area (Å²) in [5.74, 6) is -2.70. The molecule has 0 aromatic carbocycles. The molecular formula is C19H24F3N3O3S. The number of nitrogens with zero attached hydrogens (tertiary/aromatic N) is 1. The van der Waals surface area contributed by atoms with E-state index in [1.165, 1.54) is 5.32 Å². The molecule has 6 nitrogen and oxygen atoms in total. The van der Waals surface area contributed by atoms with Crippen LogP contribution in [0, 0.1) is 11.8 Å². The van der Waals surface area contributed by atoms with Crippen molar-refractivity contribution < 1.29 is 27.6 Å². The van der Waals surface area contributed by atoms with E-state index in [0.29, 0.717) is 18.7 Å². The number of rotatable bonds is 6. The summed E-state index contributed by atoms with van der Waals surface area (Å²) in [7, 11) is 0. The zero-order valence-corrected chi connectivity index (χ0v) is 17.0. The lowest BCUT2D eigenvalue weighted by Crippen LogP contribution is -2.48. The molecule has 2 N–H and O–H groups in total. The summed E-state index contributed by atoms with van der Waals surface area (Å²) in [6, 6.07) is 3.84. The molecule has 1 aliphatic rings. The van der Waals surface area contributed by atoms with E-state index in [-0.39, 0.29) is 24.3 Å². The molecule has 0 bridgehead atoms. The van der Waals surface area contributed by atoms with E-state index in [1.807, 2.05) is 30.5 Å². The maximum atomic E-state index is 12.7. The fourth-order valence-corrected chi connectivity index (χ4v) is 3.78. The average molecular weight is 431 g/mol. The Morgan fingerprint density at radius 1 is 1.31 bits per heavy atom. The molecule has 2 heterocycles. The molecule has 2 unspecified atom stereocenters. The van der Waals surface area contributed by atoms with Crippen LogP contribution >= 0.6 is 11.3 Å². The Morgan fingerprint density at radius 3 is 2.66 bits per heavy atom. The number of piperidine rings is 1. The van der Waals surface area contributed by atoms with Crippen molar-refractivity contribution in [1.82, 2.24) is 15.5 Å². The van der Waals surface area contributed by atoms with Crippen molar-refractivity contribution in [2.45, 2.75) is 26.4 Å². The van der Waals surface area contributed by atoms with Gasteiger partial charge in [0.2, 0.25) is 11.8 Å². The summed E-state index contributed by atoms with van der Waals surface area (Å²) >= 11 is 1.54. The van der Waals surface area contributed by atoms with Crippen molar-refractivity contribution in [1.29, 1.82) is 0 Å². The van der Waals surface area contributed by atoms with Gasteiger partial charge in [0.15, 0.2) is 0 Å². The van der Waals surface area contributed by atoms with Crippen LogP contribution in [0.25, 0.3) is 6.08 Å². The fraction of sp³-hybridized carbons (Fsp3) is 0.526. The first kappa shape index (κ1) is 22.9. The lowest BCUT2D eigenvalue weighted by molar-refractivity contribution is -0.173. The van der Waals surface area contributed by atoms with Gasteiger partial charge in [-0.05, 0) is 42.7 Å². The van der Waals surface area contributed by atoms with Crippen molar-refractivity contribution >= 4 is 35.1 Å². The highest BCUT2D eigenvalue weighted by Crippen LogP contribution is 2.24. The first-order chi connectivity index (χ1) is 13.6. The Balaban J connectivity index is 1.85. The van der Waals surface area contributed by atoms with Crippen LogP contribution in [0.2, 0.25) is 0 Å². The standard InChI is InChI=1S/C19H24F3N3O3S/c1-12-5-6-25(17(27)13(2)8-15-4-3-7-29-15)11-14(12)9-23-16(26)10-24-18(28)19(20,21)22/h3-4,7-8,12,14H,5-6,9-11H2,1-2H3,(H,23,26)(H,24,28)/b13-8+. The Hall–Kier alpha value is -2.36. The molecule has 1 aromatic rings. The van der Waals surface area contributed by atoms with E-state index in [1.54, 1.807) is 23.2 Å². The van der Waals surface area contributed by atoms with Crippen molar-refractivity contribution in [3.63, 3.8) is 0 Å². The molecule has 0 aliphatic carbocycles. The van der Waals surface area contributed by atoms with Gasteiger partial charge in [-0.15, -0.1) is 11.3 Å². The Bertz CT molecular complexity index is 762. The quantitative estimate of drug-likeness (QED) is 0.679. The summed E-state index contributed by atoms with van der Waals surface area (Å²) in [5.41, 5.74) is 0.625. The van der Waals surface area contributed by atoms with E-state index in [9.17, 15) is 27.6 Å². The van der Waals surface area contributed by atoms with Gasteiger partial charge < -0.3 is 15.5 Å². The molecule has 1 saturated heterocycles.